The average molecular weight is 250 g/mol. The molecule has 0 aliphatic rings. The van der Waals surface area contributed by atoms with Gasteiger partial charge in [0.05, 0.1) is 16.9 Å². The van der Waals surface area contributed by atoms with Crippen molar-refractivity contribution in [1.82, 2.24) is 15.1 Å². The third-order valence-electron chi connectivity index (χ3n) is 2.49. The molecule has 1 heterocycles. The zero-order chi connectivity index (χ0) is 12.3. The van der Waals surface area contributed by atoms with E-state index >= 15 is 0 Å². The first-order valence-corrected chi connectivity index (χ1v) is 6.06. The van der Waals surface area contributed by atoms with Crippen LogP contribution in [0.2, 0.25) is 5.02 Å². The van der Waals surface area contributed by atoms with Gasteiger partial charge in [-0.05, 0) is 11.6 Å². The molecule has 0 spiro atoms. The van der Waals surface area contributed by atoms with E-state index in [2.05, 4.69) is 30.3 Å². The van der Waals surface area contributed by atoms with Gasteiger partial charge in [-0.3, -0.25) is 0 Å². The van der Waals surface area contributed by atoms with Crippen LogP contribution in [0.3, 0.4) is 0 Å². The lowest BCUT2D eigenvalue weighted by Crippen LogP contribution is -2.22. The Hall–Kier alpha value is -1.32. The maximum absolute atomic E-state index is 5.89. The highest BCUT2D eigenvalue weighted by atomic mass is 35.5. The molecule has 2 rings (SSSR count). The Kier molecular flexibility index (Phi) is 3.82. The number of aromatic nitrogens is 2. The van der Waals surface area contributed by atoms with Crippen LogP contribution >= 0.6 is 11.6 Å². The summed E-state index contributed by atoms with van der Waals surface area (Å²) in [7, 11) is 0. The van der Waals surface area contributed by atoms with Gasteiger partial charge in [0, 0.05) is 18.8 Å². The first kappa shape index (κ1) is 12.1. The standard InChI is InChI=1S/C13H16ClN3/c1-10(2)15-7-11-5-3-4-6-13(11)17-9-12(14)8-16-17/h3-6,8-10,15H,7H2,1-2H3. The lowest BCUT2D eigenvalue weighted by molar-refractivity contribution is 0.586. The van der Waals surface area contributed by atoms with E-state index in [1.807, 2.05) is 24.4 Å². The van der Waals surface area contributed by atoms with E-state index in [-0.39, 0.29) is 0 Å². The Bertz CT molecular complexity index is 491. The number of hydrogen-bond acceptors (Lipinski definition) is 2. The molecule has 90 valence electrons. The summed E-state index contributed by atoms with van der Waals surface area (Å²) in [5.41, 5.74) is 2.27. The number of benzene rings is 1. The molecule has 0 bridgehead atoms. The summed E-state index contributed by atoms with van der Waals surface area (Å²) in [5.74, 6) is 0. The van der Waals surface area contributed by atoms with Gasteiger partial charge in [0.2, 0.25) is 0 Å². The summed E-state index contributed by atoms with van der Waals surface area (Å²) in [6, 6.07) is 8.64. The summed E-state index contributed by atoms with van der Waals surface area (Å²) in [6.45, 7) is 5.09. The van der Waals surface area contributed by atoms with Crippen LogP contribution in [-0.2, 0) is 6.54 Å². The van der Waals surface area contributed by atoms with Crippen molar-refractivity contribution >= 4 is 11.6 Å². The minimum absolute atomic E-state index is 0.462. The summed E-state index contributed by atoms with van der Waals surface area (Å²) < 4.78 is 1.81. The summed E-state index contributed by atoms with van der Waals surface area (Å²) in [5, 5.41) is 8.29. The second-order valence-electron chi connectivity index (χ2n) is 4.27. The SMILES string of the molecule is CC(C)NCc1ccccc1-n1cc(Cl)cn1. The summed E-state index contributed by atoms with van der Waals surface area (Å²) >= 11 is 5.89. The molecule has 0 radical (unpaired) electrons. The largest absolute Gasteiger partial charge is 0.310 e. The molecule has 0 saturated heterocycles. The molecule has 0 aliphatic heterocycles. The molecule has 2 aromatic rings. The first-order chi connectivity index (χ1) is 8.16. The molecule has 1 aromatic carbocycles. The van der Waals surface area contributed by atoms with Crippen LogP contribution in [0.25, 0.3) is 5.69 Å². The van der Waals surface area contributed by atoms with Gasteiger partial charge in [-0.15, -0.1) is 0 Å². The third-order valence-corrected chi connectivity index (χ3v) is 2.69. The minimum atomic E-state index is 0.462. The Morgan fingerprint density at radius 2 is 2.12 bits per heavy atom. The van der Waals surface area contributed by atoms with Crippen molar-refractivity contribution in [2.45, 2.75) is 26.4 Å². The normalized spacial score (nSPS) is 11.1. The van der Waals surface area contributed by atoms with Crippen LogP contribution in [-0.4, -0.2) is 15.8 Å². The van der Waals surface area contributed by atoms with E-state index in [0.717, 1.165) is 12.2 Å². The van der Waals surface area contributed by atoms with Crippen molar-refractivity contribution in [2.75, 3.05) is 0 Å². The van der Waals surface area contributed by atoms with Gasteiger partial charge in [-0.25, -0.2) is 4.68 Å². The van der Waals surface area contributed by atoms with Crippen molar-refractivity contribution in [3.63, 3.8) is 0 Å². The van der Waals surface area contributed by atoms with Crippen molar-refractivity contribution in [2.24, 2.45) is 0 Å². The van der Waals surface area contributed by atoms with E-state index in [9.17, 15) is 0 Å². The topological polar surface area (TPSA) is 29.9 Å². The predicted molar refractivity (Wildman–Crippen MR) is 70.5 cm³/mol. The monoisotopic (exact) mass is 249 g/mol. The zero-order valence-corrected chi connectivity index (χ0v) is 10.8. The number of para-hydroxylation sites is 1. The molecule has 0 aliphatic carbocycles. The molecule has 17 heavy (non-hydrogen) atoms. The lowest BCUT2D eigenvalue weighted by atomic mass is 10.1. The molecule has 0 atom stereocenters. The molecule has 1 N–H and O–H groups in total. The van der Waals surface area contributed by atoms with Gasteiger partial charge in [0.15, 0.2) is 0 Å². The fraction of sp³-hybridized carbons (Fsp3) is 0.308. The fourth-order valence-electron chi connectivity index (χ4n) is 1.63. The van der Waals surface area contributed by atoms with Gasteiger partial charge in [0.25, 0.3) is 0 Å². The van der Waals surface area contributed by atoms with Gasteiger partial charge in [0.1, 0.15) is 0 Å². The molecule has 0 amide bonds. The predicted octanol–water partition coefficient (Wildman–Crippen LogP) is 3.02. The molecular formula is C13H16ClN3. The Morgan fingerprint density at radius 1 is 1.35 bits per heavy atom. The number of halogens is 1. The molecular weight excluding hydrogens is 234 g/mol. The van der Waals surface area contributed by atoms with E-state index < -0.39 is 0 Å². The van der Waals surface area contributed by atoms with Gasteiger partial charge >= 0.3 is 0 Å². The second kappa shape index (κ2) is 5.34. The molecule has 3 nitrogen and oxygen atoms in total. The molecule has 0 saturated carbocycles. The van der Waals surface area contributed by atoms with Crippen molar-refractivity contribution < 1.29 is 0 Å². The number of rotatable bonds is 4. The summed E-state index contributed by atoms with van der Waals surface area (Å²) in [4.78, 5) is 0. The van der Waals surface area contributed by atoms with E-state index in [1.54, 1.807) is 10.9 Å². The van der Waals surface area contributed by atoms with E-state index in [1.165, 1.54) is 5.56 Å². The minimum Gasteiger partial charge on any atom is -0.310 e. The van der Waals surface area contributed by atoms with Gasteiger partial charge < -0.3 is 5.32 Å². The molecule has 1 aromatic heterocycles. The number of nitrogens with one attached hydrogen (secondary N) is 1. The maximum Gasteiger partial charge on any atom is 0.0790 e. The fourth-order valence-corrected chi connectivity index (χ4v) is 1.77. The van der Waals surface area contributed by atoms with Crippen LogP contribution in [0.4, 0.5) is 0 Å². The highest BCUT2D eigenvalue weighted by Gasteiger charge is 2.05. The van der Waals surface area contributed by atoms with E-state index in [0.29, 0.717) is 11.1 Å². The highest BCUT2D eigenvalue weighted by molar-refractivity contribution is 6.30. The zero-order valence-electron chi connectivity index (χ0n) is 10.0. The quantitative estimate of drug-likeness (QED) is 0.903. The van der Waals surface area contributed by atoms with Crippen LogP contribution in [0.15, 0.2) is 36.7 Å². The van der Waals surface area contributed by atoms with Crippen LogP contribution in [0.5, 0.6) is 0 Å². The average Bonchev–Trinajstić information content (AvgIpc) is 2.73. The Morgan fingerprint density at radius 3 is 2.76 bits per heavy atom. The van der Waals surface area contributed by atoms with Crippen molar-refractivity contribution in [3.8, 4) is 5.69 Å². The van der Waals surface area contributed by atoms with Crippen LogP contribution in [0.1, 0.15) is 19.4 Å². The number of hydrogen-bond donors (Lipinski definition) is 1. The van der Waals surface area contributed by atoms with Crippen LogP contribution < -0.4 is 5.32 Å². The smallest absolute Gasteiger partial charge is 0.0790 e. The number of nitrogens with zero attached hydrogens (tertiary/aromatic N) is 2. The van der Waals surface area contributed by atoms with Crippen molar-refractivity contribution in [1.29, 1.82) is 0 Å². The summed E-state index contributed by atoms with van der Waals surface area (Å²) in [6.07, 6.45) is 3.46. The van der Waals surface area contributed by atoms with Gasteiger partial charge in [-0.2, -0.15) is 5.10 Å². The third kappa shape index (κ3) is 3.08. The Labute approximate surface area is 106 Å². The molecule has 4 heteroatoms. The lowest BCUT2D eigenvalue weighted by Gasteiger charge is -2.12. The highest BCUT2D eigenvalue weighted by Crippen LogP contribution is 2.16. The van der Waals surface area contributed by atoms with E-state index in [4.69, 9.17) is 11.6 Å². The van der Waals surface area contributed by atoms with Gasteiger partial charge in [-0.1, -0.05) is 43.6 Å². The molecule has 0 fully saturated rings. The Balaban J connectivity index is 2.27. The second-order valence-corrected chi connectivity index (χ2v) is 4.70. The van der Waals surface area contributed by atoms with Crippen molar-refractivity contribution in [3.05, 3.63) is 47.2 Å². The van der Waals surface area contributed by atoms with Crippen LogP contribution in [0, 0.1) is 0 Å². The molecule has 0 unspecified atom stereocenters. The maximum atomic E-state index is 5.89. The first-order valence-electron chi connectivity index (χ1n) is 5.68.